The highest BCUT2D eigenvalue weighted by molar-refractivity contribution is 7.21. The fraction of sp³-hybridized carbons (Fsp3) is 0.111. The zero-order chi connectivity index (χ0) is 11.1. The summed E-state index contributed by atoms with van der Waals surface area (Å²) in [5.74, 6) is 0.182. The number of nitrogens with zero attached hydrogens (tertiary/aromatic N) is 4. The Labute approximate surface area is 94.5 Å². The summed E-state index contributed by atoms with van der Waals surface area (Å²) in [6, 6.07) is 2.03. The van der Waals surface area contributed by atoms with Gasteiger partial charge in [0.05, 0.1) is 11.1 Å². The minimum atomic E-state index is 0.182. The number of rotatable bonds is 1. The smallest absolute Gasteiger partial charge is 0.240 e. The molecule has 0 aliphatic carbocycles. The number of nitrogens with one attached hydrogen (secondary N) is 1. The number of aromatic amines is 1. The second kappa shape index (κ2) is 3.24. The van der Waals surface area contributed by atoms with Crippen LogP contribution in [0.15, 0.2) is 12.3 Å². The molecular weight excluding hydrogens is 224 g/mol. The van der Waals surface area contributed by atoms with Gasteiger partial charge < -0.3 is 5.73 Å². The topological polar surface area (TPSA) is 93.4 Å². The molecule has 0 radical (unpaired) electrons. The van der Waals surface area contributed by atoms with Gasteiger partial charge >= 0.3 is 0 Å². The Hall–Kier alpha value is -2.02. The first-order valence-electron chi connectivity index (χ1n) is 4.64. The lowest BCUT2D eigenvalue weighted by molar-refractivity contribution is 0.992. The average Bonchev–Trinajstić information content (AvgIpc) is 2.81. The van der Waals surface area contributed by atoms with E-state index in [9.17, 15) is 0 Å². The number of fused-ring (bicyclic) bond motifs is 1. The molecule has 0 amide bonds. The second-order valence-corrected chi connectivity index (χ2v) is 4.41. The highest BCUT2D eigenvalue weighted by Gasteiger charge is 2.10. The van der Waals surface area contributed by atoms with Gasteiger partial charge in [0.1, 0.15) is 10.5 Å². The lowest BCUT2D eigenvalue weighted by atomic mass is 10.3. The Bertz CT molecular complexity index is 655. The number of hydrogen-bond donors (Lipinski definition) is 2. The second-order valence-electron chi connectivity index (χ2n) is 3.38. The Kier molecular flexibility index (Phi) is 1.87. The van der Waals surface area contributed by atoms with E-state index in [4.69, 9.17) is 5.73 Å². The number of thiophene rings is 1. The monoisotopic (exact) mass is 232 g/mol. The molecule has 0 spiro atoms. The van der Waals surface area contributed by atoms with E-state index in [-0.39, 0.29) is 5.95 Å². The van der Waals surface area contributed by atoms with Gasteiger partial charge in [-0.3, -0.25) is 5.10 Å². The summed E-state index contributed by atoms with van der Waals surface area (Å²) in [6.45, 7) is 1.98. The molecule has 0 saturated heterocycles. The summed E-state index contributed by atoms with van der Waals surface area (Å²) < 4.78 is 0. The Morgan fingerprint density at radius 2 is 2.31 bits per heavy atom. The van der Waals surface area contributed by atoms with Crippen LogP contribution < -0.4 is 5.73 Å². The van der Waals surface area contributed by atoms with Crippen molar-refractivity contribution < 1.29 is 0 Å². The molecule has 6 nitrogen and oxygen atoms in total. The number of hydrogen-bond acceptors (Lipinski definition) is 6. The molecule has 3 rings (SSSR count). The molecule has 0 unspecified atom stereocenters. The van der Waals surface area contributed by atoms with Gasteiger partial charge in [-0.25, -0.2) is 4.98 Å². The highest BCUT2D eigenvalue weighted by atomic mass is 32.1. The number of H-pyrrole nitrogens is 1. The summed E-state index contributed by atoms with van der Waals surface area (Å²) in [4.78, 5) is 6.08. The van der Waals surface area contributed by atoms with Gasteiger partial charge in [-0.1, -0.05) is 0 Å². The molecule has 0 saturated carbocycles. The maximum absolute atomic E-state index is 5.49. The molecule has 7 heteroatoms. The molecule has 0 aliphatic heterocycles. The molecule has 3 aromatic heterocycles. The largest absolute Gasteiger partial charge is 0.366 e. The van der Waals surface area contributed by atoms with E-state index in [2.05, 4.69) is 25.4 Å². The third kappa shape index (κ3) is 1.33. The van der Waals surface area contributed by atoms with Crippen molar-refractivity contribution in [2.45, 2.75) is 6.92 Å². The van der Waals surface area contributed by atoms with Gasteiger partial charge in [0, 0.05) is 11.1 Å². The summed E-state index contributed by atoms with van der Waals surface area (Å²) in [7, 11) is 0. The summed E-state index contributed by atoms with van der Waals surface area (Å²) in [5, 5.41) is 15.6. The summed E-state index contributed by atoms with van der Waals surface area (Å²) in [5.41, 5.74) is 7.27. The molecule has 3 N–H and O–H groups in total. The first kappa shape index (κ1) is 9.22. The van der Waals surface area contributed by atoms with Crippen LogP contribution in [0.1, 0.15) is 5.69 Å². The van der Waals surface area contributed by atoms with Crippen molar-refractivity contribution in [1.29, 1.82) is 0 Å². The minimum Gasteiger partial charge on any atom is -0.366 e. The molecule has 0 bridgehead atoms. The van der Waals surface area contributed by atoms with Crippen LogP contribution in [0.25, 0.3) is 20.8 Å². The molecule has 80 valence electrons. The fourth-order valence-electron chi connectivity index (χ4n) is 1.49. The minimum absolute atomic E-state index is 0.182. The summed E-state index contributed by atoms with van der Waals surface area (Å²) in [6.07, 6.45) is 1.60. The van der Waals surface area contributed by atoms with E-state index in [1.54, 1.807) is 17.5 Å². The van der Waals surface area contributed by atoms with Crippen LogP contribution in [0.4, 0.5) is 5.95 Å². The molecule has 0 fully saturated rings. The standard InChI is InChI=1S/C9H8N6S/c1-4-5-2-7(16-8(5)14-13-4)6-3-11-15-9(10)12-6/h2-3H,1H3,(H,13,14)(H2,10,12,15). The molecule has 3 aromatic rings. The Morgan fingerprint density at radius 1 is 1.44 bits per heavy atom. The van der Waals surface area contributed by atoms with Gasteiger partial charge in [-0.15, -0.1) is 16.4 Å². The van der Waals surface area contributed by atoms with E-state index in [0.29, 0.717) is 0 Å². The van der Waals surface area contributed by atoms with E-state index < -0.39 is 0 Å². The quantitative estimate of drug-likeness (QED) is 0.660. The maximum Gasteiger partial charge on any atom is 0.240 e. The highest BCUT2D eigenvalue weighted by Crippen LogP contribution is 2.32. The van der Waals surface area contributed by atoms with Crippen LogP contribution in [0.5, 0.6) is 0 Å². The van der Waals surface area contributed by atoms with Gasteiger partial charge in [0.2, 0.25) is 5.95 Å². The van der Waals surface area contributed by atoms with Crippen molar-refractivity contribution in [1.82, 2.24) is 25.4 Å². The normalized spacial score (nSPS) is 11.1. The molecule has 0 aromatic carbocycles. The van der Waals surface area contributed by atoms with Crippen LogP contribution in [-0.2, 0) is 0 Å². The predicted octanol–water partition coefficient (Wildman–Crippen LogP) is 1.37. The number of nitrogen functional groups attached to an aromatic ring is 1. The van der Waals surface area contributed by atoms with E-state index in [1.165, 1.54) is 0 Å². The summed E-state index contributed by atoms with van der Waals surface area (Å²) >= 11 is 1.55. The molecule has 16 heavy (non-hydrogen) atoms. The zero-order valence-electron chi connectivity index (χ0n) is 8.43. The van der Waals surface area contributed by atoms with E-state index in [0.717, 1.165) is 26.5 Å². The van der Waals surface area contributed by atoms with Gasteiger partial charge in [-0.05, 0) is 13.0 Å². The molecule has 0 atom stereocenters. The zero-order valence-corrected chi connectivity index (χ0v) is 9.25. The van der Waals surface area contributed by atoms with Gasteiger partial charge in [-0.2, -0.15) is 10.2 Å². The van der Waals surface area contributed by atoms with Gasteiger partial charge in [0.15, 0.2) is 0 Å². The number of nitrogens with two attached hydrogens (primary N) is 1. The van der Waals surface area contributed by atoms with Crippen molar-refractivity contribution in [2.24, 2.45) is 0 Å². The SMILES string of the molecule is Cc1[nH]nc2sc(-c3cnnc(N)n3)cc12. The average molecular weight is 232 g/mol. The lowest BCUT2D eigenvalue weighted by Crippen LogP contribution is -1.97. The third-order valence-corrected chi connectivity index (χ3v) is 3.32. The van der Waals surface area contributed by atoms with E-state index >= 15 is 0 Å². The van der Waals surface area contributed by atoms with Crippen molar-refractivity contribution in [3.05, 3.63) is 18.0 Å². The van der Waals surface area contributed by atoms with Crippen molar-refractivity contribution in [2.75, 3.05) is 5.73 Å². The fourth-order valence-corrected chi connectivity index (χ4v) is 2.49. The van der Waals surface area contributed by atoms with Crippen LogP contribution in [0.3, 0.4) is 0 Å². The molecular formula is C9H8N6S. The molecule has 0 aliphatic rings. The van der Waals surface area contributed by atoms with Crippen molar-refractivity contribution >= 4 is 27.5 Å². The Morgan fingerprint density at radius 3 is 3.06 bits per heavy atom. The van der Waals surface area contributed by atoms with Crippen molar-refractivity contribution in [3.8, 4) is 10.6 Å². The number of anilines is 1. The van der Waals surface area contributed by atoms with Crippen LogP contribution in [0, 0.1) is 6.92 Å². The lowest BCUT2D eigenvalue weighted by Gasteiger charge is -1.94. The molecule has 3 heterocycles. The van der Waals surface area contributed by atoms with Crippen LogP contribution in [-0.4, -0.2) is 25.4 Å². The first-order valence-corrected chi connectivity index (χ1v) is 5.46. The van der Waals surface area contributed by atoms with E-state index in [1.807, 2.05) is 13.0 Å². The van der Waals surface area contributed by atoms with Crippen LogP contribution >= 0.6 is 11.3 Å². The first-order chi connectivity index (χ1) is 7.74. The third-order valence-electron chi connectivity index (χ3n) is 2.27. The van der Waals surface area contributed by atoms with Gasteiger partial charge in [0.25, 0.3) is 0 Å². The van der Waals surface area contributed by atoms with Crippen molar-refractivity contribution in [3.63, 3.8) is 0 Å². The number of aryl methyl sites for hydroxylation is 1. The predicted molar refractivity (Wildman–Crippen MR) is 61.9 cm³/mol. The van der Waals surface area contributed by atoms with Crippen LogP contribution in [0.2, 0.25) is 0 Å². The maximum atomic E-state index is 5.49. The number of aromatic nitrogens is 5. The Balaban J connectivity index is 2.19.